The van der Waals surface area contributed by atoms with Crippen LogP contribution in [0.2, 0.25) is 0 Å². The van der Waals surface area contributed by atoms with Crippen molar-refractivity contribution in [2.24, 2.45) is 0 Å². The number of nitrogens with zero attached hydrogens (tertiary/aromatic N) is 2. The maximum Gasteiger partial charge on any atom is 0.141 e. The number of rotatable bonds is 2. The molecule has 0 atom stereocenters. The minimum Gasteiger partial charge on any atom is -0.293 e. The summed E-state index contributed by atoms with van der Waals surface area (Å²) >= 11 is 3.66. The highest BCUT2D eigenvalue weighted by Crippen LogP contribution is 2.29. The Morgan fingerprint density at radius 1 is 1.16 bits per heavy atom. The number of imidazole rings is 1. The lowest BCUT2D eigenvalue weighted by Crippen LogP contribution is -1.85. The zero-order valence-corrected chi connectivity index (χ0v) is 12.6. The predicted molar refractivity (Wildman–Crippen MR) is 82.4 cm³/mol. The van der Waals surface area contributed by atoms with Gasteiger partial charge < -0.3 is 0 Å². The van der Waals surface area contributed by atoms with Crippen molar-refractivity contribution in [2.45, 2.75) is 20.3 Å². The fraction of sp³-hybridized carbons (Fsp3) is 0.188. The summed E-state index contributed by atoms with van der Waals surface area (Å²) < 4.78 is 3.09. The average molecular weight is 315 g/mol. The first-order chi connectivity index (χ1) is 9.20. The van der Waals surface area contributed by atoms with Crippen LogP contribution in [-0.4, -0.2) is 9.38 Å². The van der Waals surface area contributed by atoms with Gasteiger partial charge in [0.15, 0.2) is 0 Å². The van der Waals surface area contributed by atoms with Gasteiger partial charge in [0.2, 0.25) is 0 Å². The molecule has 0 radical (unpaired) electrons. The van der Waals surface area contributed by atoms with Crippen LogP contribution >= 0.6 is 15.9 Å². The van der Waals surface area contributed by atoms with E-state index in [-0.39, 0.29) is 0 Å². The molecule has 0 aliphatic carbocycles. The second-order valence-corrected chi connectivity index (χ2v) is 5.44. The molecule has 2 heterocycles. The third kappa shape index (κ3) is 2.08. The normalized spacial score (nSPS) is 11.1. The Labute approximate surface area is 121 Å². The van der Waals surface area contributed by atoms with E-state index in [4.69, 9.17) is 4.98 Å². The van der Waals surface area contributed by atoms with E-state index in [2.05, 4.69) is 64.5 Å². The number of hydrogen-bond donors (Lipinski definition) is 0. The topological polar surface area (TPSA) is 17.3 Å². The van der Waals surface area contributed by atoms with Crippen LogP contribution in [0.25, 0.3) is 16.9 Å². The van der Waals surface area contributed by atoms with E-state index in [0.717, 1.165) is 27.9 Å². The number of aryl methyl sites for hydroxylation is 2. The smallest absolute Gasteiger partial charge is 0.141 e. The van der Waals surface area contributed by atoms with Crippen LogP contribution < -0.4 is 0 Å². The van der Waals surface area contributed by atoms with Gasteiger partial charge in [0.25, 0.3) is 0 Å². The minimum atomic E-state index is 0.997. The van der Waals surface area contributed by atoms with Crippen molar-refractivity contribution < 1.29 is 0 Å². The first-order valence-electron chi connectivity index (χ1n) is 6.43. The number of halogens is 1. The Bertz CT molecular complexity index is 726. The number of hydrogen-bond acceptors (Lipinski definition) is 1. The standard InChI is InChI=1S/C16H15BrN2/c1-3-12-6-8-13(9-7-12)14-15(17)19-10-4-5-11(2)16(19)18-14/h4-10H,3H2,1-2H3. The van der Waals surface area contributed by atoms with Gasteiger partial charge in [-0.05, 0) is 46.5 Å². The molecule has 0 saturated carbocycles. The number of aromatic nitrogens is 2. The zero-order valence-electron chi connectivity index (χ0n) is 11.0. The Balaban J connectivity index is 2.19. The highest BCUT2D eigenvalue weighted by atomic mass is 79.9. The van der Waals surface area contributed by atoms with E-state index in [1.165, 1.54) is 11.1 Å². The predicted octanol–water partition coefficient (Wildman–Crippen LogP) is 4.63. The molecular weight excluding hydrogens is 300 g/mol. The second kappa shape index (κ2) is 4.82. The van der Waals surface area contributed by atoms with Gasteiger partial charge in [0, 0.05) is 11.8 Å². The van der Waals surface area contributed by atoms with Crippen LogP contribution in [0.4, 0.5) is 0 Å². The van der Waals surface area contributed by atoms with Crippen molar-refractivity contribution in [2.75, 3.05) is 0 Å². The molecule has 0 saturated heterocycles. The van der Waals surface area contributed by atoms with Crippen LogP contribution in [0.3, 0.4) is 0 Å². The molecule has 3 rings (SSSR count). The largest absolute Gasteiger partial charge is 0.293 e. The van der Waals surface area contributed by atoms with E-state index in [1.54, 1.807) is 0 Å². The minimum absolute atomic E-state index is 0.997. The summed E-state index contributed by atoms with van der Waals surface area (Å²) in [6, 6.07) is 12.7. The lowest BCUT2D eigenvalue weighted by atomic mass is 10.1. The Morgan fingerprint density at radius 3 is 2.53 bits per heavy atom. The second-order valence-electron chi connectivity index (χ2n) is 4.69. The summed E-state index contributed by atoms with van der Waals surface area (Å²) in [6.45, 7) is 4.25. The molecule has 3 heteroatoms. The van der Waals surface area contributed by atoms with E-state index >= 15 is 0 Å². The summed E-state index contributed by atoms with van der Waals surface area (Å²) in [5.74, 6) is 0. The Hall–Kier alpha value is -1.61. The van der Waals surface area contributed by atoms with Crippen LogP contribution in [0, 0.1) is 6.92 Å². The summed E-state index contributed by atoms with van der Waals surface area (Å²) in [5, 5.41) is 0. The molecule has 19 heavy (non-hydrogen) atoms. The van der Waals surface area contributed by atoms with Gasteiger partial charge in [-0.1, -0.05) is 37.3 Å². The summed E-state index contributed by atoms with van der Waals surface area (Å²) in [4.78, 5) is 4.75. The average Bonchev–Trinajstić information content (AvgIpc) is 2.78. The monoisotopic (exact) mass is 314 g/mol. The number of benzene rings is 1. The van der Waals surface area contributed by atoms with Crippen molar-refractivity contribution in [1.29, 1.82) is 0 Å². The molecule has 3 aromatic rings. The number of pyridine rings is 1. The van der Waals surface area contributed by atoms with Crippen molar-refractivity contribution in [3.8, 4) is 11.3 Å². The molecule has 0 aliphatic heterocycles. The van der Waals surface area contributed by atoms with Crippen molar-refractivity contribution in [3.05, 3.63) is 58.3 Å². The van der Waals surface area contributed by atoms with Gasteiger partial charge in [0.05, 0.1) is 0 Å². The molecule has 0 spiro atoms. The van der Waals surface area contributed by atoms with Gasteiger partial charge in [-0.25, -0.2) is 4.98 Å². The van der Waals surface area contributed by atoms with Gasteiger partial charge in [-0.2, -0.15) is 0 Å². The molecular formula is C16H15BrN2. The van der Waals surface area contributed by atoms with Gasteiger partial charge in [0.1, 0.15) is 15.9 Å². The molecule has 0 unspecified atom stereocenters. The molecule has 1 aromatic carbocycles. The van der Waals surface area contributed by atoms with E-state index in [1.807, 2.05) is 12.3 Å². The third-order valence-electron chi connectivity index (χ3n) is 3.42. The lowest BCUT2D eigenvalue weighted by molar-refractivity contribution is 1.13. The van der Waals surface area contributed by atoms with E-state index in [0.29, 0.717) is 0 Å². The van der Waals surface area contributed by atoms with E-state index < -0.39 is 0 Å². The Morgan fingerprint density at radius 2 is 1.89 bits per heavy atom. The molecule has 0 bridgehead atoms. The zero-order chi connectivity index (χ0) is 13.4. The quantitative estimate of drug-likeness (QED) is 0.674. The SMILES string of the molecule is CCc1ccc(-c2nc3c(C)cccn3c2Br)cc1. The Kier molecular flexibility index (Phi) is 3.15. The fourth-order valence-electron chi connectivity index (χ4n) is 2.26. The maximum absolute atomic E-state index is 4.75. The maximum atomic E-state index is 4.75. The van der Waals surface area contributed by atoms with Crippen LogP contribution in [0.1, 0.15) is 18.1 Å². The summed E-state index contributed by atoms with van der Waals surface area (Å²) in [7, 11) is 0. The highest BCUT2D eigenvalue weighted by Gasteiger charge is 2.12. The highest BCUT2D eigenvalue weighted by molar-refractivity contribution is 9.10. The van der Waals surface area contributed by atoms with Crippen molar-refractivity contribution in [1.82, 2.24) is 9.38 Å². The van der Waals surface area contributed by atoms with Crippen molar-refractivity contribution >= 4 is 21.6 Å². The van der Waals surface area contributed by atoms with Gasteiger partial charge in [-0.15, -0.1) is 0 Å². The third-order valence-corrected chi connectivity index (χ3v) is 4.18. The molecule has 0 amide bonds. The van der Waals surface area contributed by atoms with Crippen LogP contribution in [-0.2, 0) is 6.42 Å². The van der Waals surface area contributed by atoms with E-state index in [9.17, 15) is 0 Å². The van der Waals surface area contributed by atoms with Gasteiger partial charge >= 0.3 is 0 Å². The summed E-state index contributed by atoms with van der Waals surface area (Å²) in [6.07, 6.45) is 3.09. The molecule has 0 fully saturated rings. The number of fused-ring (bicyclic) bond motifs is 1. The molecule has 0 aliphatic rings. The summed E-state index contributed by atoms with van der Waals surface area (Å²) in [5.41, 5.74) is 5.67. The van der Waals surface area contributed by atoms with Crippen LogP contribution in [0.15, 0.2) is 47.2 Å². The van der Waals surface area contributed by atoms with Gasteiger partial charge in [-0.3, -0.25) is 4.40 Å². The first-order valence-corrected chi connectivity index (χ1v) is 7.22. The molecule has 2 aromatic heterocycles. The van der Waals surface area contributed by atoms with Crippen LogP contribution in [0.5, 0.6) is 0 Å². The lowest BCUT2D eigenvalue weighted by Gasteiger charge is -2.00. The molecule has 0 N–H and O–H groups in total. The van der Waals surface area contributed by atoms with Crippen molar-refractivity contribution in [3.63, 3.8) is 0 Å². The molecule has 2 nitrogen and oxygen atoms in total. The fourth-order valence-corrected chi connectivity index (χ4v) is 2.86. The first kappa shape index (κ1) is 12.4. The molecule has 96 valence electrons.